The van der Waals surface area contributed by atoms with Gasteiger partial charge < -0.3 is 5.32 Å². The number of benzene rings is 1. The van der Waals surface area contributed by atoms with Crippen LogP contribution >= 0.6 is 0 Å². The van der Waals surface area contributed by atoms with Crippen LogP contribution < -0.4 is 5.32 Å². The predicted molar refractivity (Wildman–Crippen MR) is 91.4 cm³/mol. The molecule has 21 heavy (non-hydrogen) atoms. The van der Waals surface area contributed by atoms with E-state index in [0.29, 0.717) is 24.0 Å². The minimum absolute atomic E-state index is 0.498. The molecule has 2 nitrogen and oxygen atoms in total. The maximum Gasteiger partial charge on any atom is 0.0324 e. The first kappa shape index (κ1) is 16.5. The van der Waals surface area contributed by atoms with Gasteiger partial charge in [-0.3, -0.25) is 4.90 Å². The molecule has 3 unspecified atom stereocenters. The number of rotatable bonds is 5. The average molecular weight is 288 g/mol. The van der Waals surface area contributed by atoms with E-state index in [0.717, 1.165) is 19.0 Å². The first-order valence-corrected chi connectivity index (χ1v) is 8.53. The van der Waals surface area contributed by atoms with Crippen LogP contribution in [0.4, 0.5) is 0 Å². The Kier molecular flexibility index (Phi) is 5.83. The number of nitrogens with one attached hydrogen (secondary N) is 1. The average Bonchev–Trinajstić information content (AvgIpc) is 2.47. The van der Waals surface area contributed by atoms with Crippen molar-refractivity contribution in [1.82, 2.24) is 10.2 Å². The lowest BCUT2D eigenvalue weighted by atomic mass is 9.92. The maximum atomic E-state index is 3.77. The van der Waals surface area contributed by atoms with E-state index in [1.807, 2.05) is 0 Å². The minimum Gasteiger partial charge on any atom is -0.311 e. The van der Waals surface area contributed by atoms with E-state index in [4.69, 9.17) is 0 Å². The van der Waals surface area contributed by atoms with Crippen molar-refractivity contribution < 1.29 is 0 Å². The van der Waals surface area contributed by atoms with Crippen LogP contribution in [-0.4, -0.2) is 30.1 Å². The Bertz CT molecular complexity index is 413. The topological polar surface area (TPSA) is 15.3 Å². The maximum absolute atomic E-state index is 3.77. The van der Waals surface area contributed by atoms with Gasteiger partial charge in [0, 0.05) is 31.2 Å². The van der Waals surface area contributed by atoms with Gasteiger partial charge in [-0.2, -0.15) is 0 Å². The highest BCUT2D eigenvalue weighted by Gasteiger charge is 2.32. The van der Waals surface area contributed by atoms with Gasteiger partial charge in [-0.05, 0) is 30.7 Å². The fourth-order valence-corrected chi connectivity index (χ4v) is 3.45. The zero-order valence-corrected chi connectivity index (χ0v) is 14.3. The second-order valence-corrected chi connectivity index (χ2v) is 7.33. The highest BCUT2D eigenvalue weighted by molar-refractivity contribution is 5.19. The summed E-state index contributed by atoms with van der Waals surface area (Å²) in [7, 11) is 0. The summed E-state index contributed by atoms with van der Waals surface area (Å²) >= 11 is 0. The van der Waals surface area contributed by atoms with Crippen LogP contribution in [0.25, 0.3) is 0 Å². The Morgan fingerprint density at radius 2 is 1.76 bits per heavy atom. The molecular formula is C19H32N2. The number of nitrogens with zero attached hydrogens (tertiary/aromatic N) is 1. The molecule has 1 N–H and O–H groups in total. The zero-order chi connectivity index (χ0) is 15.4. The van der Waals surface area contributed by atoms with E-state index >= 15 is 0 Å². The predicted octanol–water partition coefficient (Wildman–Crippen LogP) is 4.09. The van der Waals surface area contributed by atoms with Crippen molar-refractivity contribution in [3.63, 3.8) is 0 Å². The summed E-state index contributed by atoms with van der Waals surface area (Å²) in [6.45, 7) is 14.0. The minimum atomic E-state index is 0.498. The molecule has 0 bridgehead atoms. The van der Waals surface area contributed by atoms with Crippen molar-refractivity contribution in [3.05, 3.63) is 35.9 Å². The van der Waals surface area contributed by atoms with Crippen LogP contribution in [0.5, 0.6) is 0 Å². The van der Waals surface area contributed by atoms with Gasteiger partial charge in [0.1, 0.15) is 0 Å². The molecule has 0 saturated carbocycles. The highest BCUT2D eigenvalue weighted by atomic mass is 15.3. The molecule has 0 spiro atoms. The molecule has 3 atom stereocenters. The molecule has 0 amide bonds. The van der Waals surface area contributed by atoms with Gasteiger partial charge in [-0.1, -0.05) is 58.0 Å². The van der Waals surface area contributed by atoms with E-state index in [9.17, 15) is 0 Å². The molecule has 1 heterocycles. The molecule has 1 aliphatic heterocycles. The van der Waals surface area contributed by atoms with Crippen molar-refractivity contribution in [2.75, 3.05) is 13.1 Å². The Morgan fingerprint density at radius 1 is 1.10 bits per heavy atom. The van der Waals surface area contributed by atoms with E-state index in [1.165, 1.54) is 12.0 Å². The van der Waals surface area contributed by atoms with Crippen molar-refractivity contribution in [3.8, 4) is 0 Å². The Hall–Kier alpha value is -0.860. The van der Waals surface area contributed by atoms with Crippen molar-refractivity contribution in [2.24, 2.45) is 11.8 Å². The first-order chi connectivity index (χ1) is 9.99. The molecule has 0 aromatic heterocycles. The van der Waals surface area contributed by atoms with E-state index < -0.39 is 0 Å². The SMILES string of the molecule is CC(C)CC1CNC(C(C)C)CN1C(C)c1ccccc1. The van der Waals surface area contributed by atoms with E-state index in [1.54, 1.807) is 0 Å². The van der Waals surface area contributed by atoms with Crippen LogP contribution in [0.1, 0.15) is 52.6 Å². The third kappa shape index (κ3) is 4.31. The summed E-state index contributed by atoms with van der Waals surface area (Å²) in [5.74, 6) is 1.44. The molecule has 1 fully saturated rings. The molecule has 2 heteroatoms. The Labute approximate surface area is 130 Å². The summed E-state index contributed by atoms with van der Waals surface area (Å²) in [6, 6.07) is 12.7. The first-order valence-electron chi connectivity index (χ1n) is 8.53. The van der Waals surface area contributed by atoms with Gasteiger partial charge in [0.25, 0.3) is 0 Å². The van der Waals surface area contributed by atoms with E-state index in [2.05, 4.69) is 75.2 Å². The standard InChI is InChI=1S/C19H32N2/c1-14(2)11-18-12-20-19(15(3)4)13-21(18)16(5)17-9-7-6-8-10-17/h6-10,14-16,18-20H,11-13H2,1-5H3. The molecule has 0 radical (unpaired) electrons. The van der Waals surface area contributed by atoms with Crippen LogP contribution in [-0.2, 0) is 0 Å². The quantitative estimate of drug-likeness (QED) is 0.878. The van der Waals surface area contributed by atoms with Crippen molar-refractivity contribution in [2.45, 2.75) is 59.2 Å². The summed E-state index contributed by atoms with van der Waals surface area (Å²) in [5, 5.41) is 3.77. The summed E-state index contributed by atoms with van der Waals surface area (Å²) in [5.41, 5.74) is 1.44. The van der Waals surface area contributed by atoms with Gasteiger partial charge in [0.05, 0.1) is 0 Å². The zero-order valence-electron chi connectivity index (χ0n) is 14.3. The smallest absolute Gasteiger partial charge is 0.0324 e. The lowest BCUT2D eigenvalue weighted by Gasteiger charge is -2.45. The largest absolute Gasteiger partial charge is 0.311 e. The van der Waals surface area contributed by atoms with Crippen LogP contribution in [0.3, 0.4) is 0 Å². The molecule has 0 aliphatic carbocycles. The number of hydrogen-bond donors (Lipinski definition) is 1. The van der Waals surface area contributed by atoms with Crippen LogP contribution in [0.2, 0.25) is 0 Å². The number of hydrogen-bond acceptors (Lipinski definition) is 2. The molecule has 2 rings (SSSR count). The van der Waals surface area contributed by atoms with Crippen molar-refractivity contribution in [1.29, 1.82) is 0 Å². The Morgan fingerprint density at radius 3 is 2.33 bits per heavy atom. The molecule has 1 saturated heterocycles. The molecule has 118 valence electrons. The van der Waals surface area contributed by atoms with Crippen molar-refractivity contribution >= 4 is 0 Å². The molecule has 1 aliphatic rings. The van der Waals surface area contributed by atoms with Crippen LogP contribution in [0, 0.1) is 11.8 Å². The summed E-state index contributed by atoms with van der Waals surface area (Å²) in [4.78, 5) is 2.73. The van der Waals surface area contributed by atoms with Gasteiger partial charge in [-0.25, -0.2) is 0 Å². The Balaban J connectivity index is 2.16. The van der Waals surface area contributed by atoms with Gasteiger partial charge >= 0.3 is 0 Å². The third-order valence-corrected chi connectivity index (χ3v) is 4.82. The summed E-state index contributed by atoms with van der Waals surface area (Å²) < 4.78 is 0. The lowest BCUT2D eigenvalue weighted by Crippen LogP contribution is -2.58. The van der Waals surface area contributed by atoms with Gasteiger partial charge in [0.2, 0.25) is 0 Å². The van der Waals surface area contributed by atoms with Gasteiger partial charge in [-0.15, -0.1) is 0 Å². The normalized spacial score (nSPS) is 25.5. The number of piperazine rings is 1. The molecular weight excluding hydrogens is 256 g/mol. The highest BCUT2D eigenvalue weighted by Crippen LogP contribution is 2.28. The van der Waals surface area contributed by atoms with Crippen LogP contribution in [0.15, 0.2) is 30.3 Å². The second kappa shape index (κ2) is 7.42. The van der Waals surface area contributed by atoms with E-state index in [-0.39, 0.29) is 0 Å². The molecule has 1 aromatic rings. The third-order valence-electron chi connectivity index (χ3n) is 4.82. The monoisotopic (exact) mass is 288 g/mol. The fourth-order valence-electron chi connectivity index (χ4n) is 3.45. The molecule has 1 aromatic carbocycles. The van der Waals surface area contributed by atoms with Gasteiger partial charge in [0.15, 0.2) is 0 Å². The second-order valence-electron chi connectivity index (χ2n) is 7.33. The summed E-state index contributed by atoms with van der Waals surface area (Å²) in [6.07, 6.45) is 1.27. The fraction of sp³-hybridized carbons (Fsp3) is 0.684. The lowest BCUT2D eigenvalue weighted by molar-refractivity contribution is 0.0643.